The van der Waals surface area contributed by atoms with Crippen molar-refractivity contribution in [3.63, 3.8) is 0 Å². The number of ether oxygens (including phenoxy) is 2. The summed E-state index contributed by atoms with van der Waals surface area (Å²) in [5, 5.41) is 9.83. The van der Waals surface area contributed by atoms with Crippen molar-refractivity contribution in [2.75, 3.05) is 13.2 Å². The van der Waals surface area contributed by atoms with E-state index >= 15 is 0 Å². The molecule has 3 rings (SSSR count). The van der Waals surface area contributed by atoms with Crippen LogP contribution in [0.1, 0.15) is 46.3 Å². The van der Waals surface area contributed by atoms with Gasteiger partial charge in [-0.1, -0.05) is 0 Å². The highest BCUT2D eigenvalue weighted by molar-refractivity contribution is 7.13. The second kappa shape index (κ2) is 4.60. The van der Waals surface area contributed by atoms with Crippen molar-refractivity contribution in [3.8, 4) is 0 Å². The summed E-state index contributed by atoms with van der Waals surface area (Å²) in [4.78, 5) is 15.4. The van der Waals surface area contributed by atoms with Crippen LogP contribution in [0.2, 0.25) is 0 Å². The quantitative estimate of drug-likeness (QED) is 0.891. The van der Waals surface area contributed by atoms with E-state index in [0.717, 1.165) is 30.7 Å². The molecule has 2 fully saturated rings. The minimum atomic E-state index is -0.895. The standard InChI is InChI=1S/C12H15NO4S/c14-11(15)9-7-13-10(18-9)8-1-3-12(4-2-8)16-5-6-17-12/h7-8H,1-6H2,(H,14,15). The smallest absolute Gasteiger partial charge is 0.347 e. The number of aromatic carboxylic acids is 1. The van der Waals surface area contributed by atoms with Crippen LogP contribution in [0, 0.1) is 0 Å². The van der Waals surface area contributed by atoms with Gasteiger partial charge in [0.25, 0.3) is 0 Å². The first kappa shape index (κ1) is 12.1. The maximum atomic E-state index is 10.8. The summed E-state index contributed by atoms with van der Waals surface area (Å²) in [7, 11) is 0. The predicted molar refractivity (Wildman–Crippen MR) is 64.9 cm³/mol. The van der Waals surface area contributed by atoms with Crippen molar-refractivity contribution < 1.29 is 19.4 Å². The van der Waals surface area contributed by atoms with Crippen molar-refractivity contribution in [3.05, 3.63) is 16.1 Å². The van der Waals surface area contributed by atoms with E-state index < -0.39 is 5.97 Å². The predicted octanol–water partition coefficient (Wildman–Crippen LogP) is 2.24. The molecule has 6 heteroatoms. The Morgan fingerprint density at radius 1 is 1.39 bits per heavy atom. The van der Waals surface area contributed by atoms with Crippen molar-refractivity contribution in [1.29, 1.82) is 0 Å². The van der Waals surface area contributed by atoms with Crippen LogP contribution in [0.4, 0.5) is 0 Å². The van der Waals surface area contributed by atoms with E-state index in [2.05, 4.69) is 4.98 Å². The molecule has 2 aliphatic rings. The number of nitrogens with zero attached hydrogens (tertiary/aromatic N) is 1. The average Bonchev–Trinajstić information content (AvgIpc) is 3.00. The molecule has 1 spiro atoms. The molecule has 1 saturated carbocycles. The fourth-order valence-corrected chi connectivity index (χ4v) is 3.59. The number of carboxylic acid groups (broad SMARTS) is 1. The molecule has 0 atom stereocenters. The number of thiazole rings is 1. The molecule has 0 aromatic carbocycles. The molecule has 5 nitrogen and oxygen atoms in total. The summed E-state index contributed by atoms with van der Waals surface area (Å²) < 4.78 is 11.4. The maximum Gasteiger partial charge on any atom is 0.347 e. The molecule has 2 heterocycles. The fraction of sp³-hybridized carbons (Fsp3) is 0.667. The molecule has 1 aliphatic carbocycles. The average molecular weight is 269 g/mol. The largest absolute Gasteiger partial charge is 0.477 e. The first-order valence-electron chi connectivity index (χ1n) is 6.15. The van der Waals surface area contributed by atoms with Gasteiger partial charge in [-0.3, -0.25) is 0 Å². The lowest BCUT2D eigenvalue weighted by atomic mass is 9.85. The van der Waals surface area contributed by atoms with E-state index in [1.165, 1.54) is 17.5 Å². The summed E-state index contributed by atoms with van der Waals surface area (Å²) in [5.41, 5.74) is 0. The number of aromatic nitrogens is 1. The molecule has 98 valence electrons. The molecule has 1 aromatic heterocycles. The second-order valence-electron chi connectivity index (χ2n) is 4.75. The van der Waals surface area contributed by atoms with E-state index in [4.69, 9.17) is 14.6 Å². The van der Waals surface area contributed by atoms with Gasteiger partial charge in [-0.2, -0.15) is 0 Å². The maximum absolute atomic E-state index is 10.8. The van der Waals surface area contributed by atoms with Crippen LogP contribution in [-0.2, 0) is 9.47 Å². The van der Waals surface area contributed by atoms with Crippen molar-refractivity contribution in [2.45, 2.75) is 37.4 Å². The number of carbonyl (C=O) groups is 1. The van der Waals surface area contributed by atoms with Gasteiger partial charge in [0.05, 0.1) is 24.4 Å². The zero-order valence-corrected chi connectivity index (χ0v) is 10.7. The number of carboxylic acids is 1. The fourth-order valence-electron chi connectivity index (χ4n) is 2.67. The summed E-state index contributed by atoms with van der Waals surface area (Å²) in [6.45, 7) is 1.37. The van der Waals surface area contributed by atoms with Gasteiger partial charge in [0.1, 0.15) is 4.88 Å². The lowest BCUT2D eigenvalue weighted by Crippen LogP contribution is -2.34. The normalized spacial score (nSPS) is 23.6. The lowest BCUT2D eigenvalue weighted by Gasteiger charge is -2.34. The number of hydrogen-bond acceptors (Lipinski definition) is 5. The van der Waals surface area contributed by atoms with Crippen molar-refractivity contribution >= 4 is 17.3 Å². The Morgan fingerprint density at radius 3 is 2.61 bits per heavy atom. The molecule has 1 aliphatic heterocycles. The minimum absolute atomic E-state index is 0.318. The van der Waals surface area contributed by atoms with Crippen LogP contribution < -0.4 is 0 Å². The highest BCUT2D eigenvalue weighted by Crippen LogP contribution is 2.43. The van der Waals surface area contributed by atoms with E-state index in [1.54, 1.807) is 0 Å². The van der Waals surface area contributed by atoms with Crippen LogP contribution in [0.15, 0.2) is 6.20 Å². The Balaban J connectivity index is 1.66. The Morgan fingerprint density at radius 2 is 2.06 bits per heavy atom. The third-order valence-electron chi connectivity index (χ3n) is 3.64. The van der Waals surface area contributed by atoms with Gasteiger partial charge in [0.2, 0.25) is 0 Å². The van der Waals surface area contributed by atoms with Crippen molar-refractivity contribution in [1.82, 2.24) is 4.98 Å². The van der Waals surface area contributed by atoms with Crippen LogP contribution in [0.5, 0.6) is 0 Å². The van der Waals surface area contributed by atoms with E-state index in [-0.39, 0.29) is 5.79 Å². The molecular weight excluding hydrogens is 254 g/mol. The van der Waals surface area contributed by atoms with Gasteiger partial charge in [0, 0.05) is 18.8 Å². The molecule has 1 aromatic rings. The summed E-state index contributed by atoms with van der Waals surface area (Å²) in [6.07, 6.45) is 5.10. The molecule has 18 heavy (non-hydrogen) atoms. The molecule has 1 saturated heterocycles. The second-order valence-corrected chi connectivity index (χ2v) is 5.81. The molecule has 0 radical (unpaired) electrons. The third kappa shape index (κ3) is 2.15. The molecular formula is C12H15NO4S. The monoisotopic (exact) mass is 269 g/mol. The van der Waals surface area contributed by atoms with Crippen LogP contribution in [0.3, 0.4) is 0 Å². The Hall–Kier alpha value is -0.980. The zero-order valence-electron chi connectivity index (χ0n) is 9.92. The highest BCUT2D eigenvalue weighted by atomic mass is 32.1. The SMILES string of the molecule is O=C(O)c1cnc(C2CCC3(CC2)OCCO3)s1. The summed E-state index contributed by atoms with van der Waals surface area (Å²) in [6, 6.07) is 0. The van der Waals surface area contributed by atoms with Crippen LogP contribution in [-0.4, -0.2) is 35.1 Å². The molecule has 0 unspecified atom stereocenters. The van der Waals surface area contributed by atoms with Gasteiger partial charge >= 0.3 is 5.97 Å². The summed E-state index contributed by atoms with van der Waals surface area (Å²) in [5.74, 6) is -0.904. The third-order valence-corrected chi connectivity index (χ3v) is 4.79. The topological polar surface area (TPSA) is 68.7 Å². The highest BCUT2D eigenvalue weighted by Gasteiger charge is 2.41. The van der Waals surface area contributed by atoms with Gasteiger partial charge in [-0.15, -0.1) is 11.3 Å². The van der Waals surface area contributed by atoms with E-state index in [9.17, 15) is 4.79 Å². The minimum Gasteiger partial charge on any atom is -0.477 e. The first-order chi connectivity index (χ1) is 8.69. The van der Waals surface area contributed by atoms with Gasteiger partial charge < -0.3 is 14.6 Å². The lowest BCUT2D eigenvalue weighted by molar-refractivity contribution is -0.178. The summed E-state index contributed by atoms with van der Waals surface area (Å²) >= 11 is 1.29. The number of rotatable bonds is 2. The van der Waals surface area contributed by atoms with E-state index in [0.29, 0.717) is 24.0 Å². The van der Waals surface area contributed by atoms with Gasteiger partial charge in [-0.05, 0) is 12.8 Å². The van der Waals surface area contributed by atoms with Gasteiger partial charge in [0.15, 0.2) is 5.79 Å². The molecule has 0 bridgehead atoms. The zero-order chi connectivity index (χ0) is 12.6. The number of hydrogen-bond donors (Lipinski definition) is 1. The first-order valence-corrected chi connectivity index (χ1v) is 6.97. The van der Waals surface area contributed by atoms with Crippen LogP contribution >= 0.6 is 11.3 Å². The Kier molecular flexibility index (Phi) is 3.09. The van der Waals surface area contributed by atoms with Crippen LogP contribution in [0.25, 0.3) is 0 Å². The molecule has 1 N–H and O–H groups in total. The molecule has 0 amide bonds. The van der Waals surface area contributed by atoms with Crippen molar-refractivity contribution in [2.24, 2.45) is 0 Å². The van der Waals surface area contributed by atoms with Gasteiger partial charge in [-0.25, -0.2) is 9.78 Å². The Bertz CT molecular complexity index is 443. The van der Waals surface area contributed by atoms with E-state index in [1.807, 2.05) is 0 Å². The Labute approximate surface area is 109 Å².